The summed E-state index contributed by atoms with van der Waals surface area (Å²) in [6, 6.07) is 4.98. The molecule has 2 heterocycles. The summed E-state index contributed by atoms with van der Waals surface area (Å²) >= 11 is 3.43. The predicted molar refractivity (Wildman–Crippen MR) is 91.3 cm³/mol. The highest BCUT2D eigenvalue weighted by molar-refractivity contribution is 9.10. The minimum atomic E-state index is -4.02. The Bertz CT molecular complexity index is 1070. The number of primary sulfonamides is 1. The molecule has 4 N–H and O–H groups in total. The van der Waals surface area contributed by atoms with Crippen molar-refractivity contribution >= 4 is 48.6 Å². The van der Waals surface area contributed by atoms with E-state index >= 15 is 0 Å². The highest BCUT2D eigenvalue weighted by Crippen LogP contribution is 2.29. The van der Waals surface area contributed by atoms with E-state index in [-0.39, 0.29) is 5.76 Å². The van der Waals surface area contributed by atoms with Crippen molar-refractivity contribution in [2.75, 3.05) is 5.32 Å². The molecule has 0 radical (unpaired) electrons. The molecule has 0 saturated carbocycles. The number of hydrogen-bond donors (Lipinski definition) is 3. The molecule has 24 heavy (non-hydrogen) atoms. The molecule has 0 saturated heterocycles. The van der Waals surface area contributed by atoms with Crippen LogP contribution in [0.3, 0.4) is 0 Å². The van der Waals surface area contributed by atoms with E-state index in [4.69, 9.17) is 9.56 Å². The van der Waals surface area contributed by atoms with Gasteiger partial charge in [-0.25, -0.2) is 13.6 Å². The van der Waals surface area contributed by atoms with Crippen LogP contribution in [0.15, 0.2) is 32.2 Å². The number of rotatable bonds is 3. The molecule has 0 aliphatic carbocycles. The molecule has 0 bridgehead atoms. The van der Waals surface area contributed by atoms with Gasteiger partial charge in [-0.15, -0.1) is 0 Å². The maximum atomic E-state index is 12.4. The Morgan fingerprint density at radius 3 is 2.67 bits per heavy atom. The van der Waals surface area contributed by atoms with E-state index in [9.17, 15) is 13.2 Å². The number of aromatic amines is 1. The molecule has 3 aromatic rings. The molecule has 3 rings (SSSR count). The van der Waals surface area contributed by atoms with Gasteiger partial charge in [0.1, 0.15) is 0 Å². The van der Waals surface area contributed by atoms with Crippen molar-refractivity contribution in [1.82, 2.24) is 10.2 Å². The molecule has 126 valence electrons. The fourth-order valence-corrected chi connectivity index (χ4v) is 3.50. The number of nitrogens with one attached hydrogen (secondary N) is 2. The number of nitrogens with zero attached hydrogens (tertiary/aromatic N) is 1. The third-order valence-corrected chi connectivity index (χ3v) is 4.77. The van der Waals surface area contributed by atoms with E-state index in [0.717, 1.165) is 15.6 Å². The van der Waals surface area contributed by atoms with E-state index in [2.05, 4.69) is 31.4 Å². The minimum Gasteiger partial charge on any atom is -0.438 e. The molecule has 0 unspecified atom stereocenters. The lowest BCUT2D eigenvalue weighted by atomic mass is 10.2. The molecule has 0 aliphatic rings. The second kappa shape index (κ2) is 5.72. The van der Waals surface area contributed by atoms with Crippen LogP contribution in [-0.2, 0) is 10.0 Å². The summed E-state index contributed by atoms with van der Waals surface area (Å²) in [6.45, 7) is 3.47. The number of amides is 1. The summed E-state index contributed by atoms with van der Waals surface area (Å²) in [6.07, 6.45) is 0. The Labute approximate surface area is 145 Å². The Hall–Kier alpha value is -2.17. The van der Waals surface area contributed by atoms with Gasteiger partial charge in [-0.3, -0.25) is 9.89 Å². The minimum absolute atomic E-state index is 0.137. The lowest BCUT2D eigenvalue weighted by molar-refractivity contribution is 0.0990. The first-order valence-electron chi connectivity index (χ1n) is 6.75. The van der Waals surface area contributed by atoms with Gasteiger partial charge >= 0.3 is 0 Å². The molecule has 0 aliphatic heterocycles. The number of aryl methyl sites for hydroxylation is 2. The molecule has 1 aromatic carbocycles. The van der Waals surface area contributed by atoms with E-state index in [0.29, 0.717) is 16.8 Å². The van der Waals surface area contributed by atoms with Crippen LogP contribution in [0, 0.1) is 13.8 Å². The van der Waals surface area contributed by atoms with E-state index < -0.39 is 21.0 Å². The highest BCUT2D eigenvalue weighted by Gasteiger charge is 2.22. The number of fused-ring (bicyclic) bond motifs is 1. The van der Waals surface area contributed by atoms with Gasteiger partial charge in [0.25, 0.3) is 15.9 Å². The van der Waals surface area contributed by atoms with Crippen molar-refractivity contribution < 1.29 is 17.6 Å². The summed E-state index contributed by atoms with van der Waals surface area (Å²) in [5.74, 6) is -0.442. The molecule has 8 nitrogen and oxygen atoms in total. The van der Waals surface area contributed by atoms with Crippen molar-refractivity contribution in [3.63, 3.8) is 0 Å². The number of sulfonamides is 1. The number of benzene rings is 1. The summed E-state index contributed by atoms with van der Waals surface area (Å²) in [7, 11) is -4.02. The Kier molecular flexibility index (Phi) is 3.98. The first-order chi connectivity index (χ1) is 11.2. The second-order valence-corrected chi connectivity index (χ2v) is 7.66. The number of H-pyrrole nitrogens is 1. The first kappa shape index (κ1) is 16.7. The fraction of sp³-hybridized carbons (Fsp3) is 0.143. The predicted octanol–water partition coefficient (Wildman–Crippen LogP) is 2.43. The van der Waals surface area contributed by atoms with Crippen LogP contribution in [0.25, 0.3) is 10.9 Å². The summed E-state index contributed by atoms with van der Waals surface area (Å²) in [5.41, 5.74) is 2.07. The van der Waals surface area contributed by atoms with Gasteiger partial charge in [0.05, 0.1) is 5.52 Å². The number of carbonyl (C=O) groups is 1. The number of carbonyl (C=O) groups excluding carboxylic acids is 1. The van der Waals surface area contributed by atoms with Gasteiger partial charge in [-0.05, 0) is 47.5 Å². The van der Waals surface area contributed by atoms with Crippen molar-refractivity contribution in [1.29, 1.82) is 0 Å². The van der Waals surface area contributed by atoms with E-state index in [1.54, 1.807) is 6.92 Å². The number of aromatic nitrogens is 2. The van der Waals surface area contributed by atoms with Crippen molar-refractivity contribution in [2.45, 2.75) is 18.9 Å². The molecule has 0 fully saturated rings. The lowest BCUT2D eigenvalue weighted by Crippen LogP contribution is -2.13. The third-order valence-electron chi connectivity index (χ3n) is 3.38. The van der Waals surface area contributed by atoms with Crippen LogP contribution < -0.4 is 10.5 Å². The van der Waals surface area contributed by atoms with Crippen LogP contribution in [0.1, 0.15) is 21.7 Å². The number of anilines is 1. The second-order valence-electron chi connectivity index (χ2n) is 5.32. The Morgan fingerprint density at radius 1 is 1.33 bits per heavy atom. The average Bonchev–Trinajstić information content (AvgIpc) is 3.03. The number of furan rings is 1. The highest BCUT2D eigenvalue weighted by atomic mass is 79.9. The lowest BCUT2D eigenvalue weighted by Gasteiger charge is -2.02. The monoisotopic (exact) mass is 412 g/mol. The molecular weight excluding hydrogens is 400 g/mol. The quantitative estimate of drug-likeness (QED) is 0.607. The van der Waals surface area contributed by atoms with Gasteiger partial charge in [-0.1, -0.05) is 0 Å². The maximum Gasteiger partial charge on any atom is 0.292 e. The number of halogens is 1. The topological polar surface area (TPSA) is 131 Å². The molecule has 2 aromatic heterocycles. The number of nitrogens with two attached hydrogens (primary N) is 1. The largest absolute Gasteiger partial charge is 0.438 e. The molecule has 0 spiro atoms. The molecule has 1 amide bonds. The van der Waals surface area contributed by atoms with Crippen LogP contribution in [0.4, 0.5) is 5.82 Å². The molecular formula is C14H13BrN4O4S. The zero-order valence-electron chi connectivity index (χ0n) is 12.7. The summed E-state index contributed by atoms with van der Waals surface area (Å²) in [5, 5.41) is 14.8. The maximum absolute atomic E-state index is 12.4. The van der Waals surface area contributed by atoms with Crippen LogP contribution in [0.2, 0.25) is 0 Å². The Morgan fingerprint density at radius 2 is 2.04 bits per heavy atom. The van der Waals surface area contributed by atoms with Crippen molar-refractivity contribution in [2.24, 2.45) is 5.14 Å². The van der Waals surface area contributed by atoms with Gasteiger partial charge in [0.2, 0.25) is 5.09 Å². The van der Waals surface area contributed by atoms with Crippen LogP contribution in [0.5, 0.6) is 0 Å². The van der Waals surface area contributed by atoms with Crippen LogP contribution in [-0.4, -0.2) is 24.5 Å². The zero-order chi connectivity index (χ0) is 17.6. The Balaban J connectivity index is 1.98. The molecule has 10 heteroatoms. The summed E-state index contributed by atoms with van der Waals surface area (Å²) < 4.78 is 28.5. The van der Waals surface area contributed by atoms with Gasteiger partial charge < -0.3 is 9.73 Å². The van der Waals surface area contributed by atoms with E-state index in [1.165, 1.54) is 6.07 Å². The third kappa shape index (κ3) is 2.95. The fourth-order valence-electron chi connectivity index (χ4n) is 2.29. The number of hydrogen-bond acceptors (Lipinski definition) is 5. The van der Waals surface area contributed by atoms with Crippen molar-refractivity contribution in [3.05, 3.63) is 39.6 Å². The average molecular weight is 413 g/mol. The van der Waals surface area contributed by atoms with Gasteiger partial charge in [0.15, 0.2) is 11.6 Å². The van der Waals surface area contributed by atoms with Crippen LogP contribution >= 0.6 is 15.9 Å². The normalized spacial score (nSPS) is 11.8. The molecule has 0 atom stereocenters. The summed E-state index contributed by atoms with van der Waals surface area (Å²) in [4.78, 5) is 12.4. The first-order valence-corrected chi connectivity index (χ1v) is 9.09. The van der Waals surface area contributed by atoms with Gasteiger partial charge in [0, 0.05) is 21.5 Å². The smallest absolute Gasteiger partial charge is 0.292 e. The standard InChI is InChI=1S/C14H13BrN4O4S/c1-6-3-8-11(9(15)4-6)18-19-13(8)17-14(20)12-7(2)5-10(23-12)24(16,21)22/h3-5H,1-2H3,(H2,16,21,22)(H2,17,18,19,20). The van der Waals surface area contributed by atoms with Crippen molar-refractivity contribution in [3.8, 4) is 0 Å². The zero-order valence-corrected chi connectivity index (χ0v) is 15.1. The SMILES string of the molecule is Cc1cc(Br)c2[nH]nc(NC(=O)c3oc(S(N)(=O)=O)cc3C)c2c1. The van der Waals surface area contributed by atoms with E-state index in [1.807, 2.05) is 19.1 Å². The van der Waals surface area contributed by atoms with Gasteiger partial charge in [-0.2, -0.15) is 5.10 Å².